The largest absolute Gasteiger partial charge is 0.383 e. The maximum Gasteiger partial charge on any atom is 0.250 e. The van der Waals surface area contributed by atoms with Crippen molar-refractivity contribution in [3.05, 3.63) is 46.7 Å². The summed E-state index contributed by atoms with van der Waals surface area (Å²) in [6.45, 7) is 1.89. The number of H-pyrrole nitrogens is 1. The van der Waals surface area contributed by atoms with E-state index in [2.05, 4.69) is 25.5 Å². The van der Waals surface area contributed by atoms with Gasteiger partial charge in [0.2, 0.25) is 11.9 Å². The Morgan fingerprint density at radius 2 is 2.12 bits per heavy atom. The van der Waals surface area contributed by atoms with Gasteiger partial charge in [0.15, 0.2) is 0 Å². The van der Waals surface area contributed by atoms with Crippen molar-refractivity contribution in [1.29, 1.82) is 0 Å². The average Bonchev–Trinajstić information content (AvgIpc) is 2.93. The summed E-state index contributed by atoms with van der Waals surface area (Å²) in [5.41, 5.74) is 14.3. The van der Waals surface area contributed by atoms with Crippen LogP contribution in [0.3, 0.4) is 0 Å². The van der Waals surface area contributed by atoms with E-state index >= 15 is 0 Å². The van der Waals surface area contributed by atoms with Gasteiger partial charge in [0.1, 0.15) is 5.82 Å². The summed E-state index contributed by atoms with van der Waals surface area (Å²) in [4.78, 5) is 19.6. The third-order valence-corrected chi connectivity index (χ3v) is 3.60. The van der Waals surface area contributed by atoms with Gasteiger partial charge in [0.05, 0.1) is 21.8 Å². The molecule has 0 unspecified atom stereocenters. The molecule has 6 N–H and O–H groups in total. The van der Waals surface area contributed by atoms with Crippen molar-refractivity contribution in [2.24, 2.45) is 5.73 Å². The summed E-state index contributed by atoms with van der Waals surface area (Å²) in [6, 6.07) is 6.59. The Bertz CT molecular complexity index is 922. The van der Waals surface area contributed by atoms with Crippen LogP contribution in [-0.4, -0.2) is 26.1 Å². The number of hydrogen-bond acceptors (Lipinski definition) is 6. The highest BCUT2D eigenvalue weighted by atomic mass is 35.5. The minimum atomic E-state index is -0.592. The van der Waals surface area contributed by atoms with Crippen molar-refractivity contribution in [3.8, 4) is 11.3 Å². The van der Waals surface area contributed by atoms with Crippen LogP contribution in [0.1, 0.15) is 16.1 Å². The van der Waals surface area contributed by atoms with E-state index in [1.165, 1.54) is 6.07 Å². The first-order valence-electron chi connectivity index (χ1n) is 6.95. The fraction of sp³-hybridized carbons (Fsp3) is 0.0667. The molecule has 0 saturated heterocycles. The molecule has 1 amide bonds. The van der Waals surface area contributed by atoms with Gasteiger partial charge in [-0.2, -0.15) is 10.1 Å². The predicted molar refractivity (Wildman–Crippen MR) is 92.0 cm³/mol. The van der Waals surface area contributed by atoms with E-state index in [1.807, 2.05) is 13.0 Å². The molecule has 8 nitrogen and oxygen atoms in total. The van der Waals surface area contributed by atoms with Crippen molar-refractivity contribution in [2.45, 2.75) is 6.92 Å². The lowest BCUT2D eigenvalue weighted by atomic mass is 10.2. The second kappa shape index (κ2) is 6.17. The lowest BCUT2D eigenvalue weighted by Crippen LogP contribution is -2.11. The van der Waals surface area contributed by atoms with Crippen molar-refractivity contribution < 1.29 is 4.79 Å². The highest BCUT2D eigenvalue weighted by molar-refractivity contribution is 6.34. The van der Waals surface area contributed by atoms with Crippen LogP contribution < -0.4 is 16.8 Å². The quantitative estimate of drug-likeness (QED) is 0.573. The molecule has 0 bridgehead atoms. The number of rotatable bonds is 4. The minimum Gasteiger partial charge on any atom is -0.383 e. The van der Waals surface area contributed by atoms with Crippen LogP contribution in [0, 0.1) is 6.92 Å². The number of aromatic amines is 1. The Balaban J connectivity index is 1.85. The number of nitrogen functional groups attached to an aromatic ring is 1. The maximum absolute atomic E-state index is 11.2. The molecule has 0 saturated carbocycles. The lowest BCUT2D eigenvalue weighted by molar-refractivity contribution is 0.100. The first-order valence-corrected chi connectivity index (χ1v) is 7.33. The number of halogens is 1. The van der Waals surface area contributed by atoms with Gasteiger partial charge < -0.3 is 16.8 Å². The van der Waals surface area contributed by atoms with Crippen LogP contribution in [0.4, 0.5) is 17.5 Å². The molecule has 0 aliphatic rings. The molecular formula is C15H14ClN7O. The number of nitrogens with zero attached hydrogens (tertiary/aromatic N) is 3. The highest BCUT2D eigenvalue weighted by Crippen LogP contribution is 2.25. The fourth-order valence-corrected chi connectivity index (χ4v) is 2.40. The van der Waals surface area contributed by atoms with Crippen LogP contribution in [0.5, 0.6) is 0 Å². The number of carbonyl (C=O) groups excluding carboxylic acids is 1. The molecule has 0 aliphatic carbocycles. The van der Waals surface area contributed by atoms with Crippen LogP contribution in [0.2, 0.25) is 5.02 Å². The smallest absolute Gasteiger partial charge is 0.250 e. The van der Waals surface area contributed by atoms with Crippen molar-refractivity contribution in [3.63, 3.8) is 0 Å². The van der Waals surface area contributed by atoms with Crippen LogP contribution in [-0.2, 0) is 0 Å². The summed E-state index contributed by atoms with van der Waals surface area (Å²) in [5, 5.41) is 10.2. The molecule has 0 fully saturated rings. The van der Waals surface area contributed by atoms with Gasteiger partial charge in [0, 0.05) is 17.6 Å². The Hall–Kier alpha value is -3.13. The number of carbonyl (C=O) groups is 1. The van der Waals surface area contributed by atoms with Gasteiger partial charge in [-0.05, 0) is 31.2 Å². The molecule has 0 atom stereocenters. The van der Waals surface area contributed by atoms with Gasteiger partial charge in [-0.15, -0.1) is 0 Å². The zero-order valence-electron chi connectivity index (χ0n) is 12.7. The summed E-state index contributed by atoms with van der Waals surface area (Å²) >= 11 is 6.01. The maximum atomic E-state index is 11.2. The van der Waals surface area contributed by atoms with Crippen molar-refractivity contribution >= 4 is 35.0 Å². The summed E-state index contributed by atoms with van der Waals surface area (Å²) < 4.78 is 0. The van der Waals surface area contributed by atoms with Crippen molar-refractivity contribution in [1.82, 2.24) is 20.2 Å². The highest BCUT2D eigenvalue weighted by Gasteiger charge is 2.11. The summed E-state index contributed by atoms with van der Waals surface area (Å²) in [5.74, 6) is -0.00375. The Kier molecular flexibility index (Phi) is 4.05. The summed E-state index contributed by atoms with van der Waals surface area (Å²) in [7, 11) is 0. The van der Waals surface area contributed by atoms with Crippen LogP contribution >= 0.6 is 11.6 Å². The van der Waals surface area contributed by atoms with Gasteiger partial charge >= 0.3 is 0 Å². The topological polar surface area (TPSA) is 136 Å². The first kappa shape index (κ1) is 15.8. The molecule has 1 aromatic carbocycles. The number of nitrogens with one attached hydrogen (secondary N) is 2. The Morgan fingerprint density at radius 3 is 2.71 bits per heavy atom. The Morgan fingerprint density at radius 1 is 1.33 bits per heavy atom. The van der Waals surface area contributed by atoms with Crippen LogP contribution in [0.15, 0.2) is 30.5 Å². The molecule has 0 spiro atoms. The number of aromatic nitrogens is 4. The number of nitrogens with two attached hydrogens (primary N) is 2. The number of benzene rings is 1. The van der Waals surface area contributed by atoms with E-state index in [1.54, 1.807) is 18.3 Å². The van der Waals surface area contributed by atoms with Crippen LogP contribution in [0.25, 0.3) is 11.3 Å². The van der Waals surface area contributed by atoms with Gasteiger partial charge in [-0.3, -0.25) is 9.89 Å². The van der Waals surface area contributed by atoms with Gasteiger partial charge in [-0.1, -0.05) is 11.6 Å². The van der Waals surface area contributed by atoms with E-state index in [0.717, 1.165) is 5.69 Å². The SMILES string of the molecule is Cc1cc(-c2cnc(Nc3ccc(C(N)=O)c(Cl)c3)nc2N)n[nH]1. The van der Waals surface area contributed by atoms with Crippen molar-refractivity contribution in [2.75, 3.05) is 11.1 Å². The number of hydrogen-bond donors (Lipinski definition) is 4. The zero-order chi connectivity index (χ0) is 17.3. The standard InChI is InChI=1S/C15H14ClN7O/c1-7-4-12(23-22-7)10-6-19-15(21-13(10)17)20-8-2-3-9(14(18)24)11(16)5-8/h2-6H,1H3,(H2,18,24)(H,22,23)(H3,17,19,20,21). The fourth-order valence-electron chi connectivity index (χ4n) is 2.13. The van der Waals surface area contributed by atoms with Gasteiger partial charge in [0.25, 0.3) is 0 Å². The summed E-state index contributed by atoms with van der Waals surface area (Å²) in [6.07, 6.45) is 1.58. The molecule has 2 aromatic heterocycles. The molecule has 0 aliphatic heterocycles. The molecule has 122 valence electrons. The molecule has 9 heteroatoms. The second-order valence-electron chi connectivity index (χ2n) is 5.11. The number of amides is 1. The van der Waals surface area contributed by atoms with E-state index in [9.17, 15) is 4.79 Å². The third kappa shape index (κ3) is 3.13. The van der Waals surface area contributed by atoms with E-state index in [4.69, 9.17) is 23.1 Å². The predicted octanol–water partition coefficient (Wildman–Crippen LogP) is 2.25. The normalized spacial score (nSPS) is 10.6. The molecule has 24 heavy (non-hydrogen) atoms. The lowest BCUT2D eigenvalue weighted by Gasteiger charge is -2.08. The molecule has 0 radical (unpaired) electrons. The van der Waals surface area contributed by atoms with E-state index in [0.29, 0.717) is 28.7 Å². The molecular weight excluding hydrogens is 330 g/mol. The Labute approximate surface area is 142 Å². The zero-order valence-corrected chi connectivity index (χ0v) is 13.4. The first-order chi connectivity index (χ1) is 11.4. The molecule has 3 rings (SSSR count). The average molecular weight is 344 g/mol. The minimum absolute atomic E-state index is 0.240. The number of aryl methyl sites for hydroxylation is 1. The molecule has 3 aromatic rings. The second-order valence-corrected chi connectivity index (χ2v) is 5.52. The van der Waals surface area contributed by atoms with E-state index < -0.39 is 5.91 Å². The van der Waals surface area contributed by atoms with Gasteiger partial charge in [-0.25, -0.2) is 4.98 Å². The number of anilines is 3. The monoisotopic (exact) mass is 343 g/mol. The third-order valence-electron chi connectivity index (χ3n) is 3.29. The number of primary amides is 1. The van der Waals surface area contributed by atoms with E-state index in [-0.39, 0.29) is 10.6 Å². The molecule has 2 heterocycles.